The summed E-state index contributed by atoms with van der Waals surface area (Å²) in [6.07, 6.45) is 0.0951. The van der Waals surface area contributed by atoms with Crippen molar-refractivity contribution in [2.24, 2.45) is 0 Å². The number of hydrogen-bond donors (Lipinski definition) is 2. The fraction of sp³-hybridized carbons (Fsp3) is 0.300. The quantitative estimate of drug-likeness (QED) is 0.725. The van der Waals surface area contributed by atoms with Crippen LogP contribution in [0.15, 0.2) is 24.3 Å². The highest BCUT2D eigenvalue weighted by Crippen LogP contribution is 2.08. The molecule has 0 atom stereocenters. The number of carboxylic acids is 1. The van der Waals surface area contributed by atoms with E-state index in [0.29, 0.717) is 6.54 Å². The molecule has 13 heavy (non-hydrogen) atoms. The Bertz CT molecular complexity index is 297. The lowest BCUT2D eigenvalue weighted by atomic mass is 10.0. The van der Waals surface area contributed by atoms with Crippen LogP contribution in [-0.2, 0) is 17.8 Å². The zero-order valence-corrected chi connectivity index (χ0v) is 7.58. The molecule has 0 radical (unpaired) electrons. The van der Waals surface area contributed by atoms with Crippen molar-refractivity contribution in [3.05, 3.63) is 35.4 Å². The Balaban J connectivity index is 2.84. The van der Waals surface area contributed by atoms with E-state index in [9.17, 15) is 4.79 Å². The highest BCUT2D eigenvalue weighted by atomic mass is 16.4. The van der Waals surface area contributed by atoms with Gasteiger partial charge in [0.25, 0.3) is 0 Å². The predicted octanol–water partition coefficient (Wildman–Crippen LogP) is 1.03. The third-order valence-electron chi connectivity index (χ3n) is 1.83. The molecule has 0 unspecified atom stereocenters. The van der Waals surface area contributed by atoms with Gasteiger partial charge in [-0.3, -0.25) is 4.79 Å². The van der Waals surface area contributed by atoms with Crippen molar-refractivity contribution >= 4 is 5.97 Å². The van der Waals surface area contributed by atoms with Crippen LogP contribution < -0.4 is 5.32 Å². The Hall–Kier alpha value is -1.35. The molecule has 0 amide bonds. The maximum Gasteiger partial charge on any atom is 0.307 e. The van der Waals surface area contributed by atoms with Crippen LogP contribution >= 0.6 is 0 Å². The standard InChI is InChI=1S/C10H13NO2/c1-11-7-9-5-3-2-4-8(9)6-10(12)13/h2-5,11H,6-7H2,1H3,(H,12,13). The highest BCUT2D eigenvalue weighted by Gasteiger charge is 2.04. The first-order chi connectivity index (χ1) is 6.24. The topological polar surface area (TPSA) is 49.3 Å². The first-order valence-corrected chi connectivity index (χ1v) is 4.17. The van der Waals surface area contributed by atoms with E-state index in [2.05, 4.69) is 5.32 Å². The number of hydrogen-bond acceptors (Lipinski definition) is 2. The monoisotopic (exact) mass is 179 g/mol. The van der Waals surface area contributed by atoms with Crippen LogP contribution in [0.3, 0.4) is 0 Å². The molecule has 1 aromatic rings. The van der Waals surface area contributed by atoms with Crippen molar-refractivity contribution in [1.82, 2.24) is 5.32 Å². The van der Waals surface area contributed by atoms with Crippen LogP contribution in [0.1, 0.15) is 11.1 Å². The molecule has 2 N–H and O–H groups in total. The fourth-order valence-corrected chi connectivity index (χ4v) is 1.26. The van der Waals surface area contributed by atoms with Crippen molar-refractivity contribution in [3.63, 3.8) is 0 Å². The Morgan fingerprint density at radius 2 is 2.00 bits per heavy atom. The Morgan fingerprint density at radius 1 is 1.38 bits per heavy atom. The minimum atomic E-state index is -0.788. The number of benzene rings is 1. The van der Waals surface area contributed by atoms with E-state index in [-0.39, 0.29) is 6.42 Å². The maximum atomic E-state index is 10.5. The van der Waals surface area contributed by atoms with E-state index in [0.717, 1.165) is 11.1 Å². The van der Waals surface area contributed by atoms with Crippen LogP contribution in [0, 0.1) is 0 Å². The summed E-state index contributed by atoms with van der Waals surface area (Å²) in [6, 6.07) is 7.56. The lowest BCUT2D eigenvalue weighted by molar-refractivity contribution is -0.136. The Labute approximate surface area is 77.4 Å². The SMILES string of the molecule is CNCc1ccccc1CC(=O)O. The van der Waals surface area contributed by atoms with Crippen molar-refractivity contribution in [2.75, 3.05) is 7.05 Å². The van der Waals surface area contributed by atoms with Crippen LogP contribution in [0.25, 0.3) is 0 Å². The van der Waals surface area contributed by atoms with Crippen molar-refractivity contribution in [2.45, 2.75) is 13.0 Å². The van der Waals surface area contributed by atoms with Crippen molar-refractivity contribution in [3.8, 4) is 0 Å². The third-order valence-corrected chi connectivity index (χ3v) is 1.83. The van der Waals surface area contributed by atoms with Crippen LogP contribution in [-0.4, -0.2) is 18.1 Å². The number of rotatable bonds is 4. The number of carbonyl (C=O) groups is 1. The molecule has 70 valence electrons. The first kappa shape index (κ1) is 9.74. The summed E-state index contributed by atoms with van der Waals surface area (Å²) in [5, 5.41) is 11.6. The van der Waals surface area contributed by atoms with E-state index in [4.69, 9.17) is 5.11 Å². The van der Waals surface area contributed by atoms with Crippen molar-refractivity contribution < 1.29 is 9.90 Å². The first-order valence-electron chi connectivity index (χ1n) is 4.17. The van der Waals surface area contributed by atoms with Gasteiger partial charge in [0.2, 0.25) is 0 Å². The summed E-state index contributed by atoms with van der Waals surface area (Å²) in [7, 11) is 1.84. The van der Waals surface area contributed by atoms with Gasteiger partial charge in [-0.15, -0.1) is 0 Å². The van der Waals surface area contributed by atoms with Gasteiger partial charge in [-0.05, 0) is 18.2 Å². The molecule has 0 saturated heterocycles. The molecule has 0 bridgehead atoms. The van der Waals surface area contributed by atoms with Gasteiger partial charge >= 0.3 is 5.97 Å². The zero-order chi connectivity index (χ0) is 9.68. The van der Waals surface area contributed by atoms with Gasteiger partial charge in [-0.2, -0.15) is 0 Å². The Morgan fingerprint density at radius 3 is 2.54 bits per heavy atom. The lowest BCUT2D eigenvalue weighted by Crippen LogP contribution is -2.10. The van der Waals surface area contributed by atoms with Crippen LogP contribution in [0.5, 0.6) is 0 Å². The van der Waals surface area contributed by atoms with Gasteiger partial charge in [-0.25, -0.2) is 0 Å². The van der Waals surface area contributed by atoms with E-state index in [1.165, 1.54) is 0 Å². The van der Waals surface area contributed by atoms with Crippen LogP contribution in [0.2, 0.25) is 0 Å². The van der Waals surface area contributed by atoms with E-state index < -0.39 is 5.97 Å². The van der Waals surface area contributed by atoms with E-state index in [1.54, 1.807) is 0 Å². The maximum absolute atomic E-state index is 10.5. The summed E-state index contributed by atoms with van der Waals surface area (Å²) in [5.41, 5.74) is 1.93. The van der Waals surface area contributed by atoms with Gasteiger partial charge in [0.1, 0.15) is 0 Å². The predicted molar refractivity (Wildman–Crippen MR) is 50.5 cm³/mol. The highest BCUT2D eigenvalue weighted by molar-refractivity contribution is 5.70. The molecular weight excluding hydrogens is 166 g/mol. The normalized spacial score (nSPS) is 9.92. The second-order valence-corrected chi connectivity index (χ2v) is 2.87. The zero-order valence-electron chi connectivity index (χ0n) is 7.58. The second-order valence-electron chi connectivity index (χ2n) is 2.87. The number of nitrogens with one attached hydrogen (secondary N) is 1. The number of aliphatic carboxylic acids is 1. The second kappa shape index (κ2) is 4.62. The summed E-state index contributed by atoms with van der Waals surface area (Å²) in [6.45, 7) is 0.712. The van der Waals surface area contributed by atoms with Crippen LogP contribution in [0.4, 0.5) is 0 Å². The average Bonchev–Trinajstić information content (AvgIpc) is 2.08. The molecule has 0 aliphatic heterocycles. The average molecular weight is 179 g/mol. The molecule has 0 heterocycles. The minimum Gasteiger partial charge on any atom is -0.481 e. The van der Waals surface area contributed by atoms with Gasteiger partial charge in [0, 0.05) is 6.54 Å². The molecule has 1 aromatic carbocycles. The summed E-state index contributed by atoms with van der Waals surface area (Å²) in [4.78, 5) is 10.5. The van der Waals surface area contributed by atoms with E-state index >= 15 is 0 Å². The van der Waals surface area contributed by atoms with Gasteiger partial charge in [0.05, 0.1) is 6.42 Å². The summed E-state index contributed by atoms with van der Waals surface area (Å²) >= 11 is 0. The summed E-state index contributed by atoms with van der Waals surface area (Å²) < 4.78 is 0. The smallest absolute Gasteiger partial charge is 0.307 e. The van der Waals surface area contributed by atoms with Crippen molar-refractivity contribution in [1.29, 1.82) is 0 Å². The van der Waals surface area contributed by atoms with Gasteiger partial charge in [0.15, 0.2) is 0 Å². The molecule has 0 saturated carbocycles. The lowest BCUT2D eigenvalue weighted by Gasteiger charge is -2.05. The molecule has 0 spiro atoms. The molecule has 1 rings (SSSR count). The largest absolute Gasteiger partial charge is 0.481 e. The van der Waals surface area contributed by atoms with E-state index in [1.807, 2.05) is 31.3 Å². The molecule has 0 aliphatic carbocycles. The summed E-state index contributed by atoms with van der Waals surface area (Å²) in [5.74, 6) is -0.788. The molecule has 0 fully saturated rings. The molecule has 0 aromatic heterocycles. The van der Waals surface area contributed by atoms with Gasteiger partial charge in [-0.1, -0.05) is 24.3 Å². The molecule has 3 heteroatoms. The fourth-order valence-electron chi connectivity index (χ4n) is 1.26. The molecule has 3 nitrogen and oxygen atoms in total. The number of carboxylic acid groups (broad SMARTS) is 1. The third kappa shape index (κ3) is 2.87. The van der Waals surface area contributed by atoms with Gasteiger partial charge < -0.3 is 10.4 Å². The minimum absolute atomic E-state index is 0.0951. The Kier molecular flexibility index (Phi) is 3.46. The molecular formula is C10H13NO2. The molecule has 0 aliphatic rings.